The molecule has 0 radical (unpaired) electrons. The largest absolute Gasteiger partial charge is 0.382 e. The van der Waals surface area contributed by atoms with Crippen LogP contribution < -0.4 is 10.6 Å². The van der Waals surface area contributed by atoms with Crippen molar-refractivity contribution in [1.29, 1.82) is 0 Å². The number of anilines is 1. The summed E-state index contributed by atoms with van der Waals surface area (Å²) in [7, 11) is 1.46. The molecule has 1 aromatic carbocycles. The molecule has 0 saturated heterocycles. The second kappa shape index (κ2) is 5.39. The quantitative estimate of drug-likeness (QED) is 0.775. The Hall–Kier alpha value is -1.72. The average Bonchev–Trinajstić information content (AvgIpc) is 2.24. The van der Waals surface area contributed by atoms with E-state index in [9.17, 15) is 18.0 Å². The highest BCUT2D eigenvalue weighted by atomic mass is 19.2. The molecule has 1 rings (SSSR count). The molecular weight excluding hydrogens is 221 g/mol. The Labute approximate surface area is 90.6 Å². The number of halogens is 3. The average molecular weight is 232 g/mol. The molecule has 2 N–H and O–H groups in total. The summed E-state index contributed by atoms with van der Waals surface area (Å²) < 4.78 is 38.6. The van der Waals surface area contributed by atoms with Gasteiger partial charge in [-0.05, 0) is 0 Å². The van der Waals surface area contributed by atoms with Crippen molar-refractivity contribution >= 4 is 11.6 Å². The van der Waals surface area contributed by atoms with Crippen LogP contribution >= 0.6 is 0 Å². The van der Waals surface area contributed by atoms with Gasteiger partial charge in [0, 0.05) is 32.1 Å². The number of rotatable bonds is 4. The van der Waals surface area contributed by atoms with Crippen molar-refractivity contribution < 1.29 is 18.0 Å². The first-order valence-corrected chi connectivity index (χ1v) is 4.63. The van der Waals surface area contributed by atoms with Gasteiger partial charge >= 0.3 is 0 Å². The van der Waals surface area contributed by atoms with Crippen LogP contribution in [-0.4, -0.2) is 19.5 Å². The molecule has 0 heterocycles. The molecule has 0 atom stereocenters. The molecule has 1 amide bonds. The summed E-state index contributed by atoms with van der Waals surface area (Å²) in [5, 5.41) is 4.81. The zero-order valence-corrected chi connectivity index (χ0v) is 8.61. The Balaban J connectivity index is 2.63. The second-order valence-electron chi connectivity index (χ2n) is 3.10. The van der Waals surface area contributed by atoms with E-state index in [0.29, 0.717) is 6.07 Å². The fourth-order valence-corrected chi connectivity index (χ4v) is 1.12. The number of hydrogen-bond acceptors (Lipinski definition) is 2. The Morgan fingerprint density at radius 3 is 2.62 bits per heavy atom. The third-order valence-electron chi connectivity index (χ3n) is 1.94. The van der Waals surface area contributed by atoms with Crippen molar-refractivity contribution in [3.05, 3.63) is 29.6 Å². The fraction of sp³-hybridized carbons (Fsp3) is 0.300. The number of amides is 1. The summed E-state index contributed by atoms with van der Waals surface area (Å²) >= 11 is 0. The first-order chi connectivity index (χ1) is 7.54. The van der Waals surface area contributed by atoms with E-state index in [1.807, 2.05) is 0 Å². The molecule has 0 aliphatic carbocycles. The zero-order valence-electron chi connectivity index (χ0n) is 8.61. The highest BCUT2D eigenvalue weighted by Gasteiger charge is 2.10. The van der Waals surface area contributed by atoms with Gasteiger partial charge in [0.2, 0.25) is 5.91 Å². The van der Waals surface area contributed by atoms with Crippen LogP contribution in [0.4, 0.5) is 18.9 Å². The Morgan fingerprint density at radius 2 is 2.00 bits per heavy atom. The summed E-state index contributed by atoms with van der Waals surface area (Å²) in [6.07, 6.45) is 0.0913. The van der Waals surface area contributed by atoms with Crippen molar-refractivity contribution in [2.75, 3.05) is 18.9 Å². The maximum Gasteiger partial charge on any atom is 0.221 e. The Bertz CT molecular complexity index is 396. The van der Waals surface area contributed by atoms with Gasteiger partial charge in [-0.25, -0.2) is 13.2 Å². The molecule has 3 nitrogen and oxygen atoms in total. The van der Waals surface area contributed by atoms with Crippen LogP contribution in [0.5, 0.6) is 0 Å². The van der Waals surface area contributed by atoms with Crippen LogP contribution in [0.25, 0.3) is 0 Å². The molecule has 0 aromatic heterocycles. The molecule has 0 fully saturated rings. The van der Waals surface area contributed by atoms with E-state index in [1.54, 1.807) is 0 Å². The predicted molar refractivity (Wildman–Crippen MR) is 53.5 cm³/mol. The minimum absolute atomic E-state index is 0.0913. The third-order valence-corrected chi connectivity index (χ3v) is 1.94. The number of carbonyl (C=O) groups is 1. The van der Waals surface area contributed by atoms with Crippen LogP contribution in [0, 0.1) is 17.5 Å². The molecular formula is C10H11F3N2O. The minimum atomic E-state index is -1.26. The lowest BCUT2D eigenvalue weighted by Gasteiger charge is -2.07. The summed E-state index contributed by atoms with van der Waals surface area (Å²) in [5.74, 6) is -3.54. The topological polar surface area (TPSA) is 41.1 Å². The highest BCUT2D eigenvalue weighted by Crippen LogP contribution is 2.18. The van der Waals surface area contributed by atoms with Crippen molar-refractivity contribution in [2.45, 2.75) is 6.42 Å². The normalized spacial score (nSPS) is 10.0. The second-order valence-corrected chi connectivity index (χ2v) is 3.10. The van der Waals surface area contributed by atoms with Crippen LogP contribution in [0.2, 0.25) is 0 Å². The van der Waals surface area contributed by atoms with E-state index >= 15 is 0 Å². The van der Waals surface area contributed by atoms with E-state index in [4.69, 9.17) is 0 Å². The zero-order chi connectivity index (χ0) is 12.1. The smallest absolute Gasteiger partial charge is 0.221 e. The summed E-state index contributed by atoms with van der Waals surface area (Å²) in [6.45, 7) is 0.0967. The molecule has 0 aliphatic heterocycles. The minimum Gasteiger partial charge on any atom is -0.382 e. The van der Waals surface area contributed by atoms with Gasteiger partial charge in [-0.3, -0.25) is 4.79 Å². The van der Waals surface area contributed by atoms with E-state index in [0.717, 1.165) is 6.07 Å². The third kappa shape index (κ3) is 3.15. The molecule has 6 heteroatoms. The highest BCUT2D eigenvalue weighted by molar-refractivity contribution is 5.76. The monoisotopic (exact) mass is 232 g/mol. The summed E-state index contributed by atoms with van der Waals surface area (Å²) in [6, 6.07) is 1.29. The van der Waals surface area contributed by atoms with Crippen molar-refractivity contribution in [3.8, 4) is 0 Å². The van der Waals surface area contributed by atoms with Gasteiger partial charge in [0.25, 0.3) is 0 Å². The van der Waals surface area contributed by atoms with E-state index < -0.39 is 17.5 Å². The molecule has 1 aromatic rings. The molecule has 0 bridgehead atoms. The van der Waals surface area contributed by atoms with Crippen LogP contribution in [0.3, 0.4) is 0 Å². The van der Waals surface area contributed by atoms with Gasteiger partial charge in [-0.1, -0.05) is 0 Å². The molecule has 0 spiro atoms. The van der Waals surface area contributed by atoms with Crippen molar-refractivity contribution in [3.63, 3.8) is 0 Å². The molecule has 0 unspecified atom stereocenters. The summed E-state index contributed by atoms with van der Waals surface area (Å²) in [5.41, 5.74) is -0.290. The first kappa shape index (κ1) is 12.4. The van der Waals surface area contributed by atoms with Crippen LogP contribution in [0.15, 0.2) is 12.1 Å². The van der Waals surface area contributed by atoms with Gasteiger partial charge in [0.15, 0.2) is 11.6 Å². The molecule has 16 heavy (non-hydrogen) atoms. The van der Waals surface area contributed by atoms with E-state index in [2.05, 4.69) is 10.6 Å². The number of nitrogens with one attached hydrogen (secondary N) is 2. The van der Waals surface area contributed by atoms with E-state index in [1.165, 1.54) is 7.05 Å². The Kier molecular flexibility index (Phi) is 4.16. The maximum atomic E-state index is 13.1. The lowest BCUT2D eigenvalue weighted by molar-refractivity contribution is -0.120. The maximum absolute atomic E-state index is 13.1. The predicted octanol–water partition coefficient (Wildman–Crippen LogP) is 1.65. The van der Waals surface area contributed by atoms with Crippen LogP contribution in [0.1, 0.15) is 6.42 Å². The molecule has 0 saturated carbocycles. The first-order valence-electron chi connectivity index (χ1n) is 4.63. The standard InChI is InChI=1S/C10H11F3N2O/c1-14-9(16)2-3-15-8-5-6(11)4-7(12)10(8)13/h4-5,15H,2-3H2,1H3,(H,14,16). The molecule has 88 valence electrons. The molecule has 0 aliphatic rings. The SMILES string of the molecule is CNC(=O)CCNc1cc(F)cc(F)c1F. The Morgan fingerprint density at radius 1 is 1.31 bits per heavy atom. The van der Waals surface area contributed by atoms with Gasteiger partial charge in [-0.15, -0.1) is 0 Å². The fourth-order valence-electron chi connectivity index (χ4n) is 1.12. The lowest BCUT2D eigenvalue weighted by Crippen LogP contribution is -2.21. The number of carbonyl (C=O) groups excluding carboxylic acids is 1. The van der Waals surface area contributed by atoms with Crippen LogP contribution in [-0.2, 0) is 4.79 Å². The van der Waals surface area contributed by atoms with Gasteiger partial charge in [0.05, 0.1) is 5.69 Å². The summed E-state index contributed by atoms with van der Waals surface area (Å²) in [4.78, 5) is 10.8. The van der Waals surface area contributed by atoms with E-state index in [-0.39, 0.29) is 24.6 Å². The lowest BCUT2D eigenvalue weighted by atomic mass is 10.2. The van der Waals surface area contributed by atoms with Gasteiger partial charge in [-0.2, -0.15) is 0 Å². The number of hydrogen-bond donors (Lipinski definition) is 2. The van der Waals surface area contributed by atoms with Gasteiger partial charge < -0.3 is 10.6 Å². The number of benzene rings is 1. The van der Waals surface area contributed by atoms with Crippen molar-refractivity contribution in [2.24, 2.45) is 0 Å². The van der Waals surface area contributed by atoms with Crippen molar-refractivity contribution in [1.82, 2.24) is 5.32 Å². The van der Waals surface area contributed by atoms with Gasteiger partial charge in [0.1, 0.15) is 5.82 Å².